The van der Waals surface area contributed by atoms with Crippen molar-refractivity contribution >= 4 is 23.0 Å². The number of hydrogen-bond donors (Lipinski definition) is 1. The van der Waals surface area contributed by atoms with Gasteiger partial charge in [-0.1, -0.05) is 12.1 Å². The molecule has 1 atom stereocenters. The number of rotatable bonds is 10. The van der Waals surface area contributed by atoms with E-state index in [0.717, 1.165) is 5.56 Å². The molecule has 0 aliphatic carbocycles. The Kier molecular flexibility index (Phi) is 7.49. The van der Waals surface area contributed by atoms with Gasteiger partial charge in [-0.15, -0.1) is 11.3 Å². The molecule has 3 aromatic rings. The molecule has 0 bridgehead atoms. The standard InChI is InChI=1S/C27H27NO7S/c1-32-17-8-9-18(20(15-17)34-3)24-23(25(29)22-6-5-13-36-22)26(30)27(31)28(24)12-11-16-7-10-19(33-2)21(14-16)35-4/h5-10,13-15,24,30H,11-12H2,1-4H3/t24-/m1/s1. The summed E-state index contributed by atoms with van der Waals surface area (Å²) in [6.07, 6.45) is 0.453. The van der Waals surface area contributed by atoms with Crippen LogP contribution in [0.4, 0.5) is 0 Å². The topological polar surface area (TPSA) is 94.5 Å². The molecule has 4 rings (SSSR count). The third-order valence-electron chi connectivity index (χ3n) is 6.12. The number of carbonyl (C=O) groups excluding carboxylic acids is 2. The Balaban J connectivity index is 1.74. The van der Waals surface area contributed by atoms with Crippen LogP contribution >= 0.6 is 11.3 Å². The normalized spacial score (nSPS) is 15.3. The van der Waals surface area contributed by atoms with Gasteiger partial charge in [0.15, 0.2) is 17.3 Å². The number of carbonyl (C=O) groups is 2. The van der Waals surface area contributed by atoms with E-state index >= 15 is 0 Å². The molecule has 1 amide bonds. The SMILES string of the molecule is COc1ccc([C@@H]2C(C(=O)c3cccs3)=C(O)C(=O)N2CCc2ccc(OC)c(OC)c2)c(OC)c1. The molecule has 1 aromatic heterocycles. The molecule has 0 saturated carbocycles. The summed E-state index contributed by atoms with van der Waals surface area (Å²) in [6.45, 7) is 0.236. The van der Waals surface area contributed by atoms with Gasteiger partial charge in [0.1, 0.15) is 11.5 Å². The van der Waals surface area contributed by atoms with Crippen molar-refractivity contribution in [3.63, 3.8) is 0 Å². The van der Waals surface area contributed by atoms with E-state index in [0.29, 0.717) is 39.9 Å². The molecule has 2 heterocycles. The predicted molar refractivity (Wildman–Crippen MR) is 136 cm³/mol. The van der Waals surface area contributed by atoms with Crippen molar-refractivity contribution in [3.8, 4) is 23.0 Å². The number of aliphatic hydroxyl groups is 1. The largest absolute Gasteiger partial charge is 0.503 e. The van der Waals surface area contributed by atoms with E-state index in [9.17, 15) is 14.7 Å². The number of hydrogen-bond acceptors (Lipinski definition) is 8. The summed E-state index contributed by atoms with van der Waals surface area (Å²) in [5.74, 6) is 0.618. The number of amides is 1. The van der Waals surface area contributed by atoms with Gasteiger partial charge in [-0.3, -0.25) is 9.59 Å². The van der Waals surface area contributed by atoms with Crippen molar-refractivity contribution in [2.45, 2.75) is 12.5 Å². The highest BCUT2D eigenvalue weighted by molar-refractivity contribution is 7.12. The minimum atomic E-state index is -0.840. The molecule has 0 saturated heterocycles. The van der Waals surface area contributed by atoms with E-state index in [1.165, 1.54) is 23.3 Å². The number of thiophene rings is 1. The summed E-state index contributed by atoms with van der Waals surface area (Å²) in [5.41, 5.74) is 1.50. The summed E-state index contributed by atoms with van der Waals surface area (Å²) in [4.78, 5) is 28.7. The molecule has 0 radical (unpaired) electrons. The summed E-state index contributed by atoms with van der Waals surface area (Å²) < 4.78 is 21.6. The van der Waals surface area contributed by atoms with E-state index in [1.807, 2.05) is 12.1 Å². The molecule has 8 nitrogen and oxygen atoms in total. The predicted octanol–water partition coefficient (Wildman–Crippen LogP) is 4.60. The Morgan fingerprint density at radius 3 is 2.33 bits per heavy atom. The third kappa shape index (κ3) is 4.61. The number of benzene rings is 2. The lowest BCUT2D eigenvalue weighted by Crippen LogP contribution is -2.33. The van der Waals surface area contributed by atoms with E-state index in [-0.39, 0.29) is 12.1 Å². The number of ether oxygens (including phenoxy) is 4. The minimum Gasteiger partial charge on any atom is -0.503 e. The fourth-order valence-electron chi connectivity index (χ4n) is 4.31. The number of nitrogens with zero attached hydrogens (tertiary/aromatic N) is 1. The van der Waals surface area contributed by atoms with Crippen LogP contribution in [-0.4, -0.2) is 56.7 Å². The molecule has 0 fully saturated rings. The summed E-state index contributed by atoms with van der Waals surface area (Å²) >= 11 is 1.25. The van der Waals surface area contributed by atoms with Crippen molar-refractivity contribution < 1.29 is 33.6 Å². The van der Waals surface area contributed by atoms with Crippen molar-refractivity contribution in [2.75, 3.05) is 35.0 Å². The van der Waals surface area contributed by atoms with Crippen LogP contribution in [0.3, 0.4) is 0 Å². The highest BCUT2D eigenvalue weighted by Gasteiger charge is 2.45. The molecule has 0 unspecified atom stereocenters. The van der Waals surface area contributed by atoms with Crippen LogP contribution in [0.15, 0.2) is 65.2 Å². The average molecular weight is 510 g/mol. The Morgan fingerprint density at radius 2 is 1.69 bits per heavy atom. The first-order chi connectivity index (χ1) is 17.4. The Bertz CT molecular complexity index is 1300. The number of ketones is 1. The second-order valence-corrected chi connectivity index (χ2v) is 8.96. The first-order valence-corrected chi connectivity index (χ1v) is 12.1. The first kappa shape index (κ1) is 25.1. The van der Waals surface area contributed by atoms with Crippen molar-refractivity contribution in [2.24, 2.45) is 0 Å². The van der Waals surface area contributed by atoms with Gasteiger partial charge < -0.3 is 29.0 Å². The van der Waals surface area contributed by atoms with Gasteiger partial charge in [-0.2, -0.15) is 0 Å². The van der Waals surface area contributed by atoms with E-state index in [2.05, 4.69) is 0 Å². The Labute approximate surface area is 213 Å². The maximum absolute atomic E-state index is 13.5. The van der Waals surface area contributed by atoms with Gasteiger partial charge >= 0.3 is 0 Å². The fraction of sp³-hybridized carbons (Fsp3) is 0.259. The van der Waals surface area contributed by atoms with Gasteiger partial charge in [-0.25, -0.2) is 0 Å². The zero-order chi connectivity index (χ0) is 25.8. The summed E-state index contributed by atoms with van der Waals surface area (Å²) in [7, 11) is 6.17. The smallest absolute Gasteiger partial charge is 0.290 e. The van der Waals surface area contributed by atoms with E-state index < -0.39 is 23.5 Å². The molecule has 36 heavy (non-hydrogen) atoms. The lowest BCUT2D eigenvalue weighted by Gasteiger charge is -2.28. The van der Waals surface area contributed by atoms with Crippen LogP contribution in [0.25, 0.3) is 0 Å². The van der Waals surface area contributed by atoms with Gasteiger partial charge in [0, 0.05) is 18.2 Å². The van der Waals surface area contributed by atoms with E-state index in [4.69, 9.17) is 18.9 Å². The number of aliphatic hydroxyl groups excluding tert-OH is 1. The monoisotopic (exact) mass is 509 g/mol. The number of methoxy groups -OCH3 is 4. The highest BCUT2D eigenvalue weighted by Crippen LogP contribution is 2.44. The Morgan fingerprint density at radius 1 is 0.944 bits per heavy atom. The van der Waals surface area contributed by atoms with Gasteiger partial charge in [0.2, 0.25) is 5.78 Å². The maximum atomic E-state index is 13.5. The molecule has 188 valence electrons. The Hall–Kier alpha value is -3.98. The molecule has 1 aliphatic heterocycles. The van der Waals surface area contributed by atoms with Crippen molar-refractivity contribution in [1.82, 2.24) is 4.90 Å². The lowest BCUT2D eigenvalue weighted by atomic mass is 9.94. The van der Waals surface area contributed by atoms with Crippen LogP contribution < -0.4 is 18.9 Å². The molecule has 0 spiro atoms. The minimum absolute atomic E-state index is 0.0261. The zero-order valence-electron chi connectivity index (χ0n) is 20.4. The molecule has 2 aromatic carbocycles. The van der Waals surface area contributed by atoms with Crippen LogP contribution in [0.2, 0.25) is 0 Å². The van der Waals surface area contributed by atoms with Gasteiger partial charge in [-0.05, 0) is 47.7 Å². The average Bonchev–Trinajstić information content (AvgIpc) is 3.54. The molecular weight excluding hydrogens is 482 g/mol. The van der Waals surface area contributed by atoms with Gasteiger partial charge in [0.25, 0.3) is 5.91 Å². The van der Waals surface area contributed by atoms with E-state index in [1.54, 1.807) is 63.1 Å². The highest BCUT2D eigenvalue weighted by atomic mass is 32.1. The van der Waals surface area contributed by atoms with Crippen LogP contribution in [0.1, 0.15) is 26.8 Å². The first-order valence-electron chi connectivity index (χ1n) is 11.2. The second kappa shape index (κ2) is 10.7. The van der Waals surface area contributed by atoms with Crippen LogP contribution in [-0.2, 0) is 11.2 Å². The van der Waals surface area contributed by atoms with Crippen molar-refractivity contribution in [1.29, 1.82) is 0 Å². The molecular formula is C27H27NO7S. The molecule has 1 N–H and O–H groups in total. The second-order valence-electron chi connectivity index (χ2n) is 8.02. The lowest BCUT2D eigenvalue weighted by molar-refractivity contribution is -0.129. The molecule has 1 aliphatic rings. The van der Waals surface area contributed by atoms with Crippen LogP contribution in [0, 0.1) is 0 Å². The third-order valence-corrected chi connectivity index (χ3v) is 6.99. The van der Waals surface area contributed by atoms with Gasteiger partial charge in [0.05, 0.1) is 44.9 Å². The summed E-state index contributed by atoms with van der Waals surface area (Å²) in [6, 6.07) is 13.3. The summed E-state index contributed by atoms with van der Waals surface area (Å²) in [5, 5.41) is 12.7. The quantitative estimate of drug-likeness (QED) is 0.399. The molecule has 9 heteroatoms. The zero-order valence-corrected chi connectivity index (χ0v) is 21.3. The number of Topliss-reactive ketones (excluding diaryl/α,β-unsaturated/α-hetero) is 1. The van der Waals surface area contributed by atoms with Crippen LogP contribution in [0.5, 0.6) is 23.0 Å². The maximum Gasteiger partial charge on any atom is 0.290 e. The van der Waals surface area contributed by atoms with Crippen molar-refractivity contribution in [3.05, 3.63) is 81.2 Å². The fourth-order valence-corrected chi connectivity index (χ4v) is 4.99.